The van der Waals surface area contributed by atoms with E-state index in [0.29, 0.717) is 0 Å². The van der Waals surface area contributed by atoms with Crippen LogP contribution in [0.25, 0.3) is 16.9 Å². The van der Waals surface area contributed by atoms with Crippen LogP contribution in [0.3, 0.4) is 0 Å². The van der Waals surface area contributed by atoms with Crippen molar-refractivity contribution in [3.63, 3.8) is 0 Å². The maximum atomic E-state index is 2.27. The summed E-state index contributed by atoms with van der Waals surface area (Å²) < 4.78 is 2.24. The summed E-state index contributed by atoms with van der Waals surface area (Å²) >= 11 is 0. The fraction of sp³-hybridized carbons (Fsp3) is 0.238. The lowest BCUT2D eigenvalue weighted by Gasteiger charge is -2.10. The van der Waals surface area contributed by atoms with Crippen LogP contribution in [0.1, 0.15) is 31.7 Å². The molecule has 1 heteroatoms. The summed E-state index contributed by atoms with van der Waals surface area (Å²) in [5.74, 6) is 0. The van der Waals surface area contributed by atoms with E-state index in [0.717, 1.165) is 0 Å². The second-order valence-corrected chi connectivity index (χ2v) is 5.75. The van der Waals surface area contributed by atoms with E-state index in [9.17, 15) is 0 Å². The van der Waals surface area contributed by atoms with Crippen LogP contribution < -0.4 is 0 Å². The SMILES string of the molecule is CCCCCc1ccc(-c2cccn2-c2ccccc2)cc1. The molecule has 22 heavy (non-hydrogen) atoms. The van der Waals surface area contributed by atoms with Gasteiger partial charge in [0.15, 0.2) is 0 Å². The topological polar surface area (TPSA) is 4.93 Å². The number of unbranched alkanes of at least 4 members (excludes halogenated alkanes) is 2. The maximum Gasteiger partial charge on any atom is 0.0528 e. The predicted octanol–water partition coefficient (Wildman–Crippen LogP) is 5.88. The highest BCUT2D eigenvalue weighted by molar-refractivity contribution is 5.63. The van der Waals surface area contributed by atoms with Crippen LogP contribution in [0.5, 0.6) is 0 Å². The third-order valence-electron chi connectivity index (χ3n) is 4.10. The van der Waals surface area contributed by atoms with Gasteiger partial charge in [-0.1, -0.05) is 62.2 Å². The van der Waals surface area contributed by atoms with Crippen LogP contribution in [0, 0.1) is 0 Å². The molecule has 0 aliphatic rings. The minimum atomic E-state index is 1.19. The normalized spacial score (nSPS) is 10.8. The van der Waals surface area contributed by atoms with Crippen molar-refractivity contribution in [2.45, 2.75) is 32.6 Å². The number of hydrogen-bond acceptors (Lipinski definition) is 0. The molecule has 0 aliphatic carbocycles. The quantitative estimate of drug-likeness (QED) is 0.500. The molecule has 1 nitrogen and oxygen atoms in total. The van der Waals surface area contributed by atoms with Gasteiger partial charge in [0.2, 0.25) is 0 Å². The summed E-state index contributed by atoms with van der Waals surface area (Å²) in [6.45, 7) is 2.25. The molecular formula is C21H23N. The monoisotopic (exact) mass is 289 g/mol. The molecule has 0 fully saturated rings. The van der Waals surface area contributed by atoms with Gasteiger partial charge >= 0.3 is 0 Å². The molecule has 0 bridgehead atoms. The van der Waals surface area contributed by atoms with Gasteiger partial charge in [-0.25, -0.2) is 0 Å². The van der Waals surface area contributed by atoms with Gasteiger partial charge in [0.25, 0.3) is 0 Å². The van der Waals surface area contributed by atoms with Gasteiger partial charge in [-0.05, 0) is 48.2 Å². The van der Waals surface area contributed by atoms with E-state index in [2.05, 4.69) is 84.4 Å². The minimum absolute atomic E-state index is 1.19. The number of benzene rings is 2. The van der Waals surface area contributed by atoms with E-state index >= 15 is 0 Å². The summed E-state index contributed by atoms with van der Waals surface area (Å²) in [5, 5.41) is 0. The Bertz CT molecular complexity index is 692. The average molecular weight is 289 g/mol. The fourth-order valence-electron chi connectivity index (χ4n) is 2.85. The Morgan fingerprint density at radius 1 is 0.773 bits per heavy atom. The Balaban J connectivity index is 1.82. The molecule has 0 saturated heterocycles. The van der Waals surface area contributed by atoms with E-state index in [4.69, 9.17) is 0 Å². The first-order valence-electron chi connectivity index (χ1n) is 8.20. The number of rotatable bonds is 6. The Hall–Kier alpha value is -2.28. The smallest absolute Gasteiger partial charge is 0.0528 e. The summed E-state index contributed by atoms with van der Waals surface area (Å²) in [6.07, 6.45) is 7.20. The third-order valence-corrected chi connectivity index (χ3v) is 4.10. The van der Waals surface area contributed by atoms with Crippen molar-refractivity contribution >= 4 is 0 Å². The van der Waals surface area contributed by atoms with Crippen molar-refractivity contribution in [1.82, 2.24) is 4.57 Å². The van der Waals surface area contributed by atoms with Gasteiger partial charge in [0.05, 0.1) is 5.69 Å². The van der Waals surface area contributed by atoms with Crippen molar-refractivity contribution in [2.75, 3.05) is 0 Å². The second kappa shape index (κ2) is 7.13. The first-order valence-corrected chi connectivity index (χ1v) is 8.20. The maximum absolute atomic E-state index is 2.27. The summed E-state index contributed by atoms with van der Waals surface area (Å²) in [5.41, 5.74) is 5.16. The minimum Gasteiger partial charge on any atom is -0.317 e. The highest BCUT2D eigenvalue weighted by atomic mass is 15.0. The lowest BCUT2D eigenvalue weighted by molar-refractivity contribution is 0.717. The van der Waals surface area contributed by atoms with Gasteiger partial charge in [-0.2, -0.15) is 0 Å². The van der Waals surface area contributed by atoms with Crippen LogP contribution in [-0.2, 0) is 6.42 Å². The Morgan fingerprint density at radius 2 is 1.55 bits per heavy atom. The zero-order valence-corrected chi connectivity index (χ0v) is 13.2. The highest BCUT2D eigenvalue weighted by Crippen LogP contribution is 2.24. The van der Waals surface area contributed by atoms with Crippen molar-refractivity contribution in [2.24, 2.45) is 0 Å². The summed E-state index contributed by atoms with van der Waals surface area (Å²) in [6, 6.07) is 23.8. The molecule has 0 radical (unpaired) electrons. The zero-order valence-electron chi connectivity index (χ0n) is 13.2. The molecular weight excluding hydrogens is 266 g/mol. The Labute approximate surface area is 133 Å². The number of para-hydroxylation sites is 1. The number of nitrogens with zero attached hydrogens (tertiary/aromatic N) is 1. The van der Waals surface area contributed by atoms with E-state index in [1.807, 2.05) is 0 Å². The first kappa shape index (κ1) is 14.6. The first-order chi connectivity index (χ1) is 10.9. The molecule has 0 aliphatic heterocycles. The van der Waals surface area contributed by atoms with Crippen LogP contribution >= 0.6 is 0 Å². The highest BCUT2D eigenvalue weighted by Gasteiger charge is 2.05. The fourth-order valence-corrected chi connectivity index (χ4v) is 2.85. The van der Waals surface area contributed by atoms with Gasteiger partial charge < -0.3 is 4.57 Å². The third kappa shape index (κ3) is 3.30. The van der Waals surface area contributed by atoms with Gasteiger partial charge in [0, 0.05) is 11.9 Å². The average Bonchev–Trinajstić information content (AvgIpc) is 3.06. The molecule has 3 aromatic rings. The van der Waals surface area contributed by atoms with E-state index in [-0.39, 0.29) is 0 Å². The standard InChI is InChI=1S/C21H23N/c1-2-3-5-9-18-13-15-19(16-14-18)21-12-8-17-22(21)20-10-6-4-7-11-20/h4,6-8,10-17H,2-3,5,9H2,1H3. The van der Waals surface area contributed by atoms with E-state index < -0.39 is 0 Å². The van der Waals surface area contributed by atoms with E-state index in [1.165, 1.54) is 48.2 Å². The number of hydrogen-bond donors (Lipinski definition) is 0. The molecule has 0 amide bonds. The van der Waals surface area contributed by atoms with Gasteiger partial charge in [-0.15, -0.1) is 0 Å². The second-order valence-electron chi connectivity index (χ2n) is 5.75. The molecule has 112 valence electrons. The molecule has 3 rings (SSSR count). The summed E-state index contributed by atoms with van der Waals surface area (Å²) in [4.78, 5) is 0. The Morgan fingerprint density at radius 3 is 2.27 bits per heavy atom. The van der Waals surface area contributed by atoms with Crippen molar-refractivity contribution in [3.05, 3.63) is 78.5 Å². The predicted molar refractivity (Wildman–Crippen MR) is 94.4 cm³/mol. The lowest BCUT2D eigenvalue weighted by Crippen LogP contribution is -1.94. The number of aromatic nitrogens is 1. The molecule has 2 aromatic carbocycles. The van der Waals surface area contributed by atoms with Crippen molar-refractivity contribution in [1.29, 1.82) is 0 Å². The molecule has 1 heterocycles. The molecule has 0 spiro atoms. The number of aryl methyl sites for hydroxylation is 1. The van der Waals surface area contributed by atoms with Crippen molar-refractivity contribution < 1.29 is 0 Å². The molecule has 1 aromatic heterocycles. The Kier molecular flexibility index (Phi) is 4.75. The molecule has 0 unspecified atom stereocenters. The van der Waals surface area contributed by atoms with Crippen LogP contribution in [0.2, 0.25) is 0 Å². The van der Waals surface area contributed by atoms with Gasteiger partial charge in [-0.3, -0.25) is 0 Å². The molecule has 0 atom stereocenters. The molecule has 0 saturated carbocycles. The van der Waals surface area contributed by atoms with Crippen LogP contribution in [-0.4, -0.2) is 4.57 Å². The summed E-state index contributed by atoms with van der Waals surface area (Å²) in [7, 11) is 0. The van der Waals surface area contributed by atoms with E-state index in [1.54, 1.807) is 0 Å². The zero-order chi connectivity index (χ0) is 15.2. The van der Waals surface area contributed by atoms with Crippen molar-refractivity contribution in [3.8, 4) is 16.9 Å². The van der Waals surface area contributed by atoms with Crippen LogP contribution in [0.15, 0.2) is 72.9 Å². The largest absolute Gasteiger partial charge is 0.317 e. The molecule has 0 N–H and O–H groups in total. The van der Waals surface area contributed by atoms with Gasteiger partial charge in [0.1, 0.15) is 0 Å². The lowest BCUT2D eigenvalue weighted by atomic mass is 10.0. The van der Waals surface area contributed by atoms with Crippen LogP contribution in [0.4, 0.5) is 0 Å².